The van der Waals surface area contributed by atoms with Crippen LogP contribution in [0, 0.1) is 12.8 Å². The van der Waals surface area contributed by atoms with Gasteiger partial charge in [-0.2, -0.15) is 0 Å². The van der Waals surface area contributed by atoms with Crippen molar-refractivity contribution in [2.45, 2.75) is 58.0 Å². The molecule has 2 aliphatic heterocycles. The average molecular weight is 337 g/mol. The monoisotopic (exact) mass is 336 g/mol. The summed E-state index contributed by atoms with van der Waals surface area (Å²) in [7, 11) is 0. The van der Waals surface area contributed by atoms with Crippen LogP contribution in [-0.2, 0) is 4.79 Å². The lowest BCUT2D eigenvalue weighted by Gasteiger charge is -2.32. The third kappa shape index (κ3) is 3.89. The van der Waals surface area contributed by atoms with Crippen molar-refractivity contribution >= 4 is 18.3 Å². The standard InChI is InChI=1S/C19H28N2O.ClH/c1-13-6-4-5-7-18(13)17-11-15(3)21(12-17)19(22)16-8-9-20-14(2)10-16;/h4-7,14-17,20H,8-12H2,1-3H3;1H/t14-,15?,16-,17?;/m0./s1. The predicted molar refractivity (Wildman–Crippen MR) is 97.1 cm³/mol. The van der Waals surface area contributed by atoms with Gasteiger partial charge in [-0.15, -0.1) is 12.4 Å². The van der Waals surface area contributed by atoms with Crippen LogP contribution >= 0.6 is 12.4 Å². The number of rotatable bonds is 2. The molecule has 2 unspecified atom stereocenters. The van der Waals surface area contributed by atoms with Gasteiger partial charge < -0.3 is 10.2 Å². The molecular formula is C19H29ClN2O. The minimum Gasteiger partial charge on any atom is -0.339 e. The fourth-order valence-corrected chi connectivity index (χ4v) is 4.20. The zero-order valence-electron chi connectivity index (χ0n) is 14.4. The topological polar surface area (TPSA) is 32.3 Å². The molecule has 4 heteroatoms. The fraction of sp³-hybridized carbons (Fsp3) is 0.632. The molecule has 4 atom stereocenters. The van der Waals surface area contributed by atoms with Gasteiger partial charge in [-0.25, -0.2) is 0 Å². The van der Waals surface area contributed by atoms with Crippen LogP contribution < -0.4 is 5.32 Å². The maximum absolute atomic E-state index is 12.9. The molecule has 2 aliphatic rings. The maximum atomic E-state index is 12.9. The van der Waals surface area contributed by atoms with Crippen LogP contribution in [0.4, 0.5) is 0 Å². The first-order valence-electron chi connectivity index (χ1n) is 8.65. The van der Waals surface area contributed by atoms with E-state index in [2.05, 4.69) is 55.3 Å². The Balaban J connectivity index is 0.00000192. The Kier molecular flexibility index (Phi) is 6.10. The van der Waals surface area contributed by atoms with Crippen molar-refractivity contribution in [3.05, 3.63) is 35.4 Å². The number of carbonyl (C=O) groups is 1. The number of benzene rings is 1. The van der Waals surface area contributed by atoms with Crippen molar-refractivity contribution < 1.29 is 4.79 Å². The van der Waals surface area contributed by atoms with Gasteiger partial charge in [0.05, 0.1) is 0 Å². The highest BCUT2D eigenvalue weighted by molar-refractivity contribution is 5.85. The van der Waals surface area contributed by atoms with Gasteiger partial charge in [0.15, 0.2) is 0 Å². The van der Waals surface area contributed by atoms with Crippen LogP contribution in [-0.4, -0.2) is 36.0 Å². The number of nitrogens with zero attached hydrogens (tertiary/aromatic N) is 1. The Labute approximate surface area is 146 Å². The van der Waals surface area contributed by atoms with E-state index < -0.39 is 0 Å². The average Bonchev–Trinajstić information content (AvgIpc) is 2.88. The van der Waals surface area contributed by atoms with Crippen molar-refractivity contribution in [3.8, 4) is 0 Å². The summed E-state index contributed by atoms with van der Waals surface area (Å²) in [5.74, 6) is 1.10. The molecule has 0 aromatic heterocycles. The molecule has 2 fully saturated rings. The van der Waals surface area contributed by atoms with Crippen molar-refractivity contribution in [2.75, 3.05) is 13.1 Å². The molecule has 0 bridgehead atoms. The number of halogens is 1. The van der Waals surface area contributed by atoms with Crippen molar-refractivity contribution in [3.63, 3.8) is 0 Å². The number of piperidine rings is 1. The molecular weight excluding hydrogens is 308 g/mol. The lowest BCUT2D eigenvalue weighted by molar-refractivity contribution is -0.137. The second-order valence-corrected chi connectivity index (χ2v) is 7.21. The van der Waals surface area contributed by atoms with Gasteiger partial charge in [-0.05, 0) is 57.7 Å². The first-order valence-corrected chi connectivity index (χ1v) is 8.65. The minimum absolute atomic E-state index is 0. The third-order valence-corrected chi connectivity index (χ3v) is 5.46. The van der Waals surface area contributed by atoms with E-state index in [4.69, 9.17) is 0 Å². The highest BCUT2D eigenvalue weighted by Gasteiger charge is 2.37. The summed E-state index contributed by atoms with van der Waals surface area (Å²) in [5.41, 5.74) is 2.77. The summed E-state index contributed by atoms with van der Waals surface area (Å²) in [6.45, 7) is 8.44. The quantitative estimate of drug-likeness (QED) is 0.896. The number of aryl methyl sites for hydroxylation is 1. The van der Waals surface area contributed by atoms with Gasteiger partial charge in [-0.3, -0.25) is 4.79 Å². The number of hydrogen-bond donors (Lipinski definition) is 1. The second-order valence-electron chi connectivity index (χ2n) is 7.21. The first-order chi connectivity index (χ1) is 10.6. The normalized spacial score (nSPS) is 30.8. The summed E-state index contributed by atoms with van der Waals surface area (Å²) < 4.78 is 0. The Morgan fingerprint density at radius 1 is 1.22 bits per heavy atom. The molecule has 1 aromatic rings. The van der Waals surface area contributed by atoms with E-state index >= 15 is 0 Å². The lowest BCUT2D eigenvalue weighted by atomic mass is 9.92. The number of carbonyl (C=O) groups excluding carboxylic acids is 1. The Hall–Kier alpha value is -1.06. The molecule has 128 valence electrons. The SMILES string of the molecule is Cc1ccccc1C1CC(C)N(C(=O)[C@H]2CCN[C@@H](C)C2)C1.Cl. The zero-order valence-corrected chi connectivity index (χ0v) is 15.2. The van der Waals surface area contributed by atoms with E-state index in [9.17, 15) is 4.79 Å². The molecule has 0 radical (unpaired) electrons. The first kappa shape index (κ1) is 18.3. The molecule has 2 saturated heterocycles. The van der Waals surface area contributed by atoms with Gasteiger partial charge in [0.2, 0.25) is 5.91 Å². The van der Waals surface area contributed by atoms with Crippen molar-refractivity contribution in [2.24, 2.45) is 5.92 Å². The van der Waals surface area contributed by atoms with Crippen molar-refractivity contribution in [1.82, 2.24) is 10.2 Å². The smallest absolute Gasteiger partial charge is 0.226 e. The van der Waals surface area contributed by atoms with E-state index in [0.29, 0.717) is 23.9 Å². The van der Waals surface area contributed by atoms with Gasteiger partial charge >= 0.3 is 0 Å². The van der Waals surface area contributed by atoms with Gasteiger partial charge in [0.1, 0.15) is 0 Å². The molecule has 1 aromatic carbocycles. The highest BCUT2D eigenvalue weighted by atomic mass is 35.5. The van der Waals surface area contributed by atoms with Gasteiger partial charge in [0, 0.05) is 30.5 Å². The molecule has 1 N–H and O–H groups in total. The van der Waals surface area contributed by atoms with E-state index in [1.54, 1.807) is 0 Å². The molecule has 2 heterocycles. The molecule has 23 heavy (non-hydrogen) atoms. The van der Waals surface area contributed by atoms with Gasteiger partial charge in [0.25, 0.3) is 0 Å². The largest absolute Gasteiger partial charge is 0.339 e. The van der Waals surface area contributed by atoms with Crippen LogP contribution in [0.25, 0.3) is 0 Å². The summed E-state index contributed by atoms with van der Waals surface area (Å²) >= 11 is 0. The summed E-state index contributed by atoms with van der Waals surface area (Å²) in [4.78, 5) is 15.1. The van der Waals surface area contributed by atoms with Crippen LogP contribution in [0.5, 0.6) is 0 Å². The molecule has 3 nitrogen and oxygen atoms in total. The maximum Gasteiger partial charge on any atom is 0.226 e. The minimum atomic E-state index is 0. The summed E-state index contributed by atoms with van der Waals surface area (Å²) in [6.07, 6.45) is 3.07. The van der Waals surface area contributed by atoms with E-state index in [1.807, 2.05) is 0 Å². The third-order valence-electron chi connectivity index (χ3n) is 5.46. The zero-order chi connectivity index (χ0) is 15.7. The Morgan fingerprint density at radius 3 is 2.65 bits per heavy atom. The molecule has 0 saturated carbocycles. The highest BCUT2D eigenvalue weighted by Crippen LogP contribution is 2.35. The molecule has 0 aliphatic carbocycles. The summed E-state index contributed by atoms with van der Waals surface area (Å²) in [6, 6.07) is 9.45. The Morgan fingerprint density at radius 2 is 1.96 bits per heavy atom. The molecule has 1 amide bonds. The predicted octanol–water partition coefficient (Wildman–Crippen LogP) is 3.51. The molecule has 0 spiro atoms. The Bertz CT molecular complexity index is 548. The van der Waals surface area contributed by atoms with Crippen LogP contribution in [0.15, 0.2) is 24.3 Å². The van der Waals surface area contributed by atoms with E-state index in [0.717, 1.165) is 32.4 Å². The van der Waals surface area contributed by atoms with Crippen LogP contribution in [0.1, 0.15) is 50.2 Å². The summed E-state index contributed by atoms with van der Waals surface area (Å²) in [5, 5.41) is 3.44. The second kappa shape index (κ2) is 7.67. The number of nitrogens with one attached hydrogen (secondary N) is 1. The molecule has 3 rings (SSSR count). The van der Waals surface area contributed by atoms with Gasteiger partial charge in [-0.1, -0.05) is 24.3 Å². The van der Waals surface area contributed by atoms with E-state index in [-0.39, 0.29) is 18.3 Å². The van der Waals surface area contributed by atoms with E-state index in [1.165, 1.54) is 11.1 Å². The number of amides is 1. The number of hydrogen-bond acceptors (Lipinski definition) is 2. The fourth-order valence-electron chi connectivity index (χ4n) is 4.20. The lowest BCUT2D eigenvalue weighted by Crippen LogP contribution is -2.45. The van der Waals surface area contributed by atoms with Crippen molar-refractivity contribution in [1.29, 1.82) is 0 Å². The van der Waals surface area contributed by atoms with Crippen LogP contribution in [0.3, 0.4) is 0 Å². The van der Waals surface area contributed by atoms with Crippen LogP contribution in [0.2, 0.25) is 0 Å². The number of likely N-dealkylation sites (tertiary alicyclic amines) is 1.